The minimum absolute atomic E-state index is 0.0450. The van der Waals surface area contributed by atoms with Crippen LogP contribution in [0.25, 0.3) is 11.3 Å². The Morgan fingerprint density at radius 1 is 1.26 bits per heavy atom. The van der Waals surface area contributed by atoms with Crippen molar-refractivity contribution >= 4 is 5.91 Å². The highest BCUT2D eigenvalue weighted by molar-refractivity contribution is 5.93. The second-order valence-electron chi connectivity index (χ2n) is 5.51. The summed E-state index contributed by atoms with van der Waals surface area (Å²) >= 11 is 0. The van der Waals surface area contributed by atoms with Crippen molar-refractivity contribution in [3.05, 3.63) is 53.7 Å². The maximum Gasteiger partial charge on any atom is 0.273 e. The molecule has 1 heterocycles. The highest BCUT2D eigenvalue weighted by atomic mass is 16.5. The summed E-state index contributed by atoms with van der Waals surface area (Å²) in [5, 5.41) is 35.2. The van der Waals surface area contributed by atoms with E-state index in [4.69, 9.17) is 14.5 Å². The molecule has 0 aliphatic rings. The summed E-state index contributed by atoms with van der Waals surface area (Å²) in [6.07, 6.45) is 0. The molecule has 136 valence electrons. The molecule has 3 N–H and O–H groups in total. The summed E-state index contributed by atoms with van der Waals surface area (Å²) in [5.41, 5.74) is 0.631. The first-order valence-corrected chi connectivity index (χ1v) is 8.01. The first-order chi connectivity index (χ1) is 13.0. The fourth-order valence-electron chi connectivity index (χ4n) is 2.39. The van der Waals surface area contributed by atoms with Gasteiger partial charge in [0, 0.05) is 24.7 Å². The van der Waals surface area contributed by atoms with Gasteiger partial charge in [-0.15, -0.1) is 0 Å². The number of hydrogen-bond acceptors (Lipinski definition) is 7. The van der Waals surface area contributed by atoms with Gasteiger partial charge in [-0.2, -0.15) is 5.26 Å². The van der Waals surface area contributed by atoms with Crippen molar-refractivity contribution in [1.82, 2.24) is 10.5 Å². The van der Waals surface area contributed by atoms with E-state index in [1.807, 2.05) is 6.07 Å². The zero-order valence-electron chi connectivity index (χ0n) is 14.3. The van der Waals surface area contributed by atoms with Crippen LogP contribution in [0.3, 0.4) is 0 Å². The van der Waals surface area contributed by atoms with E-state index in [2.05, 4.69) is 10.5 Å². The molecular formula is C19H15N3O5. The number of phenolic OH excluding ortho intramolecular Hbond substituents is 2. The number of aromatic nitrogens is 1. The lowest BCUT2D eigenvalue weighted by molar-refractivity contribution is 0.0947. The minimum Gasteiger partial charge on any atom is -0.508 e. The van der Waals surface area contributed by atoms with Crippen molar-refractivity contribution in [3.63, 3.8) is 0 Å². The number of nitrogens with one attached hydrogen (secondary N) is 1. The van der Waals surface area contributed by atoms with Crippen LogP contribution in [0.15, 0.2) is 47.0 Å². The standard InChI is InChI=1S/C19H15N3O5/c1-2-21-19(25)14-9-17(27-22-14)18-15(24)7-12(23)8-16(18)26-13-5-3-11(10-20)4-6-13/h3-9,23-24H,2H2,1H3,(H,21,25). The summed E-state index contributed by atoms with van der Waals surface area (Å²) in [5.74, 6) is -0.377. The van der Waals surface area contributed by atoms with Crippen LogP contribution in [0.4, 0.5) is 0 Å². The van der Waals surface area contributed by atoms with Gasteiger partial charge in [-0.1, -0.05) is 5.16 Å². The van der Waals surface area contributed by atoms with Crippen LogP contribution in [-0.2, 0) is 0 Å². The summed E-state index contributed by atoms with van der Waals surface area (Å²) in [7, 11) is 0. The molecular weight excluding hydrogens is 350 g/mol. The molecule has 0 bridgehead atoms. The van der Waals surface area contributed by atoms with Gasteiger partial charge < -0.3 is 24.8 Å². The normalized spacial score (nSPS) is 10.2. The topological polar surface area (TPSA) is 129 Å². The molecule has 0 aliphatic carbocycles. The van der Waals surface area contributed by atoms with Gasteiger partial charge in [-0.3, -0.25) is 4.79 Å². The van der Waals surface area contributed by atoms with Crippen LogP contribution in [0.1, 0.15) is 23.0 Å². The van der Waals surface area contributed by atoms with E-state index in [1.54, 1.807) is 31.2 Å². The van der Waals surface area contributed by atoms with Crippen molar-refractivity contribution < 1.29 is 24.3 Å². The van der Waals surface area contributed by atoms with Crippen LogP contribution in [0.2, 0.25) is 0 Å². The Morgan fingerprint density at radius 2 is 2.00 bits per heavy atom. The first kappa shape index (κ1) is 17.8. The average Bonchev–Trinajstić information content (AvgIpc) is 3.12. The highest BCUT2D eigenvalue weighted by Crippen LogP contribution is 2.43. The largest absolute Gasteiger partial charge is 0.508 e. The van der Waals surface area contributed by atoms with Crippen molar-refractivity contribution in [3.8, 4) is 40.4 Å². The molecule has 0 radical (unpaired) electrons. The zero-order valence-corrected chi connectivity index (χ0v) is 14.3. The number of hydrogen-bond donors (Lipinski definition) is 3. The first-order valence-electron chi connectivity index (χ1n) is 8.01. The number of amides is 1. The van der Waals surface area contributed by atoms with Crippen molar-refractivity contribution in [2.75, 3.05) is 6.54 Å². The molecule has 3 rings (SSSR count). The lowest BCUT2D eigenvalue weighted by Crippen LogP contribution is -2.22. The van der Waals surface area contributed by atoms with Crippen molar-refractivity contribution in [1.29, 1.82) is 5.26 Å². The molecule has 0 fully saturated rings. The van der Waals surface area contributed by atoms with Crippen LogP contribution in [0, 0.1) is 11.3 Å². The molecule has 1 amide bonds. The molecule has 8 heteroatoms. The van der Waals surface area contributed by atoms with E-state index >= 15 is 0 Å². The molecule has 0 spiro atoms. The molecule has 0 aliphatic heterocycles. The summed E-state index contributed by atoms with van der Waals surface area (Å²) in [4.78, 5) is 11.9. The molecule has 3 aromatic rings. The van der Waals surface area contributed by atoms with Crippen LogP contribution in [0.5, 0.6) is 23.0 Å². The Hall–Kier alpha value is -3.99. The van der Waals surface area contributed by atoms with E-state index in [-0.39, 0.29) is 34.3 Å². The quantitative estimate of drug-likeness (QED) is 0.633. The SMILES string of the molecule is CCNC(=O)c1cc(-c2c(O)cc(O)cc2Oc2ccc(C#N)cc2)on1. The minimum atomic E-state index is -0.416. The number of ether oxygens (including phenoxy) is 1. The van der Waals surface area contributed by atoms with E-state index in [0.717, 1.165) is 6.07 Å². The number of phenols is 2. The lowest BCUT2D eigenvalue weighted by Gasteiger charge is -2.11. The lowest BCUT2D eigenvalue weighted by atomic mass is 10.1. The number of nitrogens with zero attached hydrogens (tertiary/aromatic N) is 2. The maximum absolute atomic E-state index is 11.9. The monoisotopic (exact) mass is 365 g/mol. The third-order valence-corrected chi connectivity index (χ3v) is 3.60. The van der Waals surface area contributed by atoms with Gasteiger partial charge in [0.05, 0.1) is 11.6 Å². The molecule has 0 unspecified atom stereocenters. The van der Waals surface area contributed by atoms with E-state index in [1.165, 1.54) is 12.1 Å². The highest BCUT2D eigenvalue weighted by Gasteiger charge is 2.21. The Bertz CT molecular complexity index is 1020. The summed E-state index contributed by atoms with van der Waals surface area (Å²) < 4.78 is 10.9. The zero-order chi connectivity index (χ0) is 19.4. The van der Waals surface area contributed by atoms with Gasteiger partial charge in [0.25, 0.3) is 5.91 Å². The van der Waals surface area contributed by atoms with Gasteiger partial charge in [-0.25, -0.2) is 0 Å². The smallest absolute Gasteiger partial charge is 0.273 e. The number of benzene rings is 2. The average molecular weight is 365 g/mol. The second kappa shape index (κ2) is 7.49. The summed E-state index contributed by atoms with van der Waals surface area (Å²) in [6.45, 7) is 2.20. The van der Waals surface area contributed by atoms with E-state index < -0.39 is 5.91 Å². The third-order valence-electron chi connectivity index (χ3n) is 3.60. The number of rotatable bonds is 5. The van der Waals surface area contributed by atoms with Gasteiger partial charge >= 0.3 is 0 Å². The Morgan fingerprint density at radius 3 is 2.67 bits per heavy atom. The predicted molar refractivity (Wildman–Crippen MR) is 94.5 cm³/mol. The van der Waals surface area contributed by atoms with Crippen molar-refractivity contribution in [2.45, 2.75) is 6.92 Å². The van der Waals surface area contributed by atoms with Gasteiger partial charge in [0.1, 0.15) is 28.6 Å². The third kappa shape index (κ3) is 3.82. The predicted octanol–water partition coefficient (Wildman–Crippen LogP) is 3.17. The fourth-order valence-corrected chi connectivity index (χ4v) is 2.39. The van der Waals surface area contributed by atoms with Crippen LogP contribution >= 0.6 is 0 Å². The molecule has 8 nitrogen and oxygen atoms in total. The van der Waals surface area contributed by atoms with E-state index in [0.29, 0.717) is 17.9 Å². The van der Waals surface area contributed by atoms with E-state index in [9.17, 15) is 15.0 Å². The Labute approximate surface area is 154 Å². The van der Waals surface area contributed by atoms with Crippen molar-refractivity contribution in [2.24, 2.45) is 0 Å². The molecule has 0 saturated heterocycles. The fraction of sp³-hybridized carbons (Fsp3) is 0.105. The Kier molecular flexibility index (Phi) is 4.95. The molecule has 0 saturated carbocycles. The summed E-state index contributed by atoms with van der Waals surface area (Å²) in [6, 6.07) is 12.1. The second-order valence-corrected chi connectivity index (χ2v) is 5.51. The Balaban J connectivity index is 2.00. The van der Waals surface area contributed by atoms with Crippen LogP contribution in [-0.4, -0.2) is 27.8 Å². The van der Waals surface area contributed by atoms with Crippen LogP contribution < -0.4 is 10.1 Å². The number of carbonyl (C=O) groups is 1. The van der Waals surface area contributed by atoms with Gasteiger partial charge in [-0.05, 0) is 31.2 Å². The number of aromatic hydroxyl groups is 2. The molecule has 1 aromatic heterocycles. The molecule has 27 heavy (non-hydrogen) atoms. The van der Waals surface area contributed by atoms with Gasteiger partial charge in [0.2, 0.25) is 0 Å². The van der Waals surface area contributed by atoms with Gasteiger partial charge in [0.15, 0.2) is 11.5 Å². The number of nitriles is 1. The maximum atomic E-state index is 11.9. The molecule has 2 aromatic carbocycles. The molecule has 0 atom stereocenters. The number of carbonyl (C=O) groups excluding carboxylic acids is 1.